The third-order valence-corrected chi connectivity index (χ3v) is 5.61. The Labute approximate surface area is 177 Å². The molecule has 2 aromatic carbocycles. The quantitative estimate of drug-likeness (QED) is 0.474. The van der Waals surface area contributed by atoms with Crippen molar-refractivity contribution in [1.82, 2.24) is 15.0 Å². The van der Waals surface area contributed by atoms with E-state index >= 15 is 0 Å². The maximum absolute atomic E-state index is 15.0. The zero-order valence-corrected chi connectivity index (χ0v) is 17.2. The van der Waals surface area contributed by atoms with E-state index in [0.29, 0.717) is 45.8 Å². The lowest BCUT2D eigenvalue weighted by Gasteiger charge is -2.31. The van der Waals surface area contributed by atoms with Crippen LogP contribution >= 0.6 is 0 Å². The first-order chi connectivity index (χ1) is 15.0. The van der Waals surface area contributed by atoms with Crippen molar-refractivity contribution in [3.63, 3.8) is 0 Å². The van der Waals surface area contributed by atoms with Crippen molar-refractivity contribution in [3.05, 3.63) is 48.2 Å². The Balaban J connectivity index is 1.47. The topological polar surface area (TPSA) is 89.5 Å². The van der Waals surface area contributed by atoms with E-state index in [1.54, 1.807) is 37.4 Å². The van der Waals surface area contributed by atoms with Gasteiger partial charge in [-0.2, -0.15) is 0 Å². The van der Waals surface area contributed by atoms with Crippen LogP contribution < -0.4 is 14.2 Å². The summed E-state index contributed by atoms with van der Waals surface area (Å²) in [6.45, 7) is 2.37. The molecule has 5 rings (SSSR count). The minimum absolute atomic E-state index is 0.0781. The number of fused-ring (bicyclic) bond motifs is 2. The highest BCUT2D eigenvalue weighted by atomic mass is 19.1. The minimum atomic E-state index is -0.455. The number of H-pyrrole nitrogens is 1. The van der Waals surface area contributed by atoms with Crippen molar-refractivity contribution in [1.29, 1.82) is 0 Å². The molecule has 0 saturated heterocycles. The summed E-state index contributed by atoms with van der Waals surface area (Å²) >= 11 is 0. The number of aromatic amines is 1. The van der Waals surface area contributed by atoms with Gasteiger partial charge in [-0.1, -0.05) is 0 Å². The molecule has 2 heterocycles. The summed E-state index contributed by atoms with van der Waals surface area (Å²) in [5.74, 6) is 1.23. The zero-order valence-electron chi connectivity index (χ0n) is 17.2. The highest BCUT2D eigenvalue weighted by Crippen LogP contribution is 2.38. The maximum Gasteiger partial charge on any atom is 0.230 e. The highest BCUT2D eigenvalue weighted by Gasteiger charge is 2.28. The monoisotopic (exact) mass is 423 g/mol. The van der Waals surface area contributed by atoms with Crippen LogP contribution in [0.15, 0.2) is 36.7 Å². The Morgan fingerprint density at radius 2 is 1.94 bits per heavy atom. The third-order valence-electron chi connectivity index (χ3n) is 5.61. The average molecular weight is 423 g/mol. The molecule has 1 aliphatic rings. The van der Waals surface area contributed by atoms with Gasteiger partial charge in [-0.25, -0.2) is 14.4 Å². The average Bonchev–Trinajstić information content (AvgIpc) is 3.13. The Bertz CT molecular complexity index is 1270. The van der Waals surface area contributed by atoms with Crippen LogP contribution in [0, 0.1) is 18.7 Å². The number of rotatable bonds is 6. The molecular formula is C23H22FN3O4. The molecule has 2 N–H and O–H groups in total. The van der Waals surface area contributed by atoms with Gasteiger partial charge in [-0.3, -0.25) is 0 Å². The van der Waals surface area contributed by atoms with Gasteiger partial charge in [-0.05, 0) is 49.9 Å². The van der Waals surface area contributed by atoms with Crippen LogP contribution in [0.2, 0.25) is 0 Å². The molecule has 1 fully saturated rings. The summed E-state index contributed by atoms with van der Waals surface area (Å²) < 4.78 is 32.2. The molecule has 31 heavy (non-hydrogen) atoms. The third kappa shape index (κ3) is 3.63. The van der Waals surface area contributed by atoms with E-state index in [1.165, 1.54) is 6.33 Å². The van der Waals surface area contributed by atoms with E-state index in [1.807, 2.05) is 6.92 Å². The van der Waals surface area contributed by atoms with Crippen LogP contribution in [0.4, 0.5) is 4.39 Å². The molecule has 0 bridgehead atoms. The molecule has 2 aromatic heterocycles. The number of nitrogens with zero attached hydrogens (tertiary/aromatic N) is 2. The Kier molecular flexibility index (Phi) is 4.86. The predicted molar refractivity (Wildman–Crippen MR) is 113 cm³/mol. The van der Waals surface area contributed by atoms with Gasteiger partial charge in [0.05, 0.1) is 30.7 Å². The fourth-order valence-corrected chi connectivity index (χ4v) is 3.91. The van der Waals surface area contributed by atoms with Crippen LogP contribution in [0.25, 0.3) is 21.8 Å². The van der Waals surface area contributed by atoms with Gasteiger partial charge < -0.3 is 24.3 Å². The first-order valence-corrected chi connectivity index (χ1v) is 10.1. The number of aromatic nitrogens is 3. The molecule has 1 saturated carbocycles. The Morgan fingerprint density at radius 1 is 1.10 bits per heavy atom. The highest BCUT2D eigenvalue weighted by molar-refractivity contribution is 5.87. The second-order valence-corrected chi connectivity index (χ2v) is 7.89. The first kappa shape index (κ1) is 19.6. The van der Waals surface area contributed by atoms with Crippen molar-refractivity contribution >= 4 is 21.8 Å². The number of aryl methyl sites for hydroxylation is 1. The van der Waals surface area contributed by atoms with Gasteiger partial charge in [0.2, 0.25) is 5.88 Å². The largest absolute Gasteiger partial charge is 0.493 e. The number of hydrogen-bond acceptors (Lipinski definition) is 6. The van der Waals surface area contributed by atoms with E-state index in [0.717, 1.165) is 18.5 Å². The van der Waals surface area contributed by atoms with Crippen LogP contribution in [-0.2, 0) is 0 Å². The van der Waals surface area contributed by atoms with Crippen LogP contribution in [-0.4, -0.2) is 39.9 Å². The van der Waals surface area contributed by atoms with Crippen LogP contribution in [0.1, 0.15) is 18.5 Å². The zero-order chi connectivity index (χ0) is 21.5. The molecule has 1 aliphatic carbocycles. The number of aliphatic hydroxyl groups is 1. The Hall–Kier alpha value is -3.39. The summed E-state index contributed by atoms with van der Waals surface area (Å²) in [5, 5.41) is 10.5. The number of halogens is 1. The molecule has 160 valence electrons. The lowest BCUT2D eigenvalue weighted by molar-refractivity contribution is 0.0199. The van der Waals surface area contributed by atoms with E-state index in [2.05, 4.69) is 15.0 Å². The summed E-state index contributed by atoms with van der Waals surface area (Å²) in [7, 11) is 1.55. The molecule has 0 spiro atoms. The van der Waals surface area contributed by atoms with Gasteiger partial charge in [0, 0.05) is 22.7 Å². The smallest absolute Gasteiger partial charge is 0.230 e. The lowest BCUT2D eigenvalue weighted by Crippen LogP contribution is -2.32. The second kappa shape index (κ2) is 7.70. The summed E-state index contributed by atoms with van der Waals surface area (Å²) in [6, 6.07) is 8.57. The number of hydrogen-bond donors (Lipinski definition) is 2. The number of aliphatic hydroxyl groups excluding tert-OH is 1. The van der Waals surface area contributed by atoms with Gasteiger partial charge >= 0.3 is 0 Å². The fraction of sp³-hybridized carbons (Fsp3) is 0.304. The van der Waals surface area contributed by atoms with Crippen molar-refractivity contribution in [2.45, 2.75) is 25.9 Å². The Morgan fingerprint density at radius 3 is 2.71 bits per heavy atom. The van der Waals surface area contributed by atoms with Gasteiger partial charge in [0.1, 0.15) is 6.33 Å². The van der Waals surface area contributed by atoms with Gasteiger partial charge in [0.25, 0.3) is 0 Å². The first-order valence-electron chi connectivity index (χ1n) is 10.1. The fourth-order valence-electron chi connectivity index (χ4n) is 3.91. The van der Waals surface area contributed by atoms with Crippen LogP contribution in [0.3, 0.4) is 0 Å². The molecule has 7 nitrogen and oxygen atoms in total. The van der Waals surface area contributed by atoms with Crippen LogP contribution in [0.5, 0.6) is 23.1 Å². The van der Waals surface area contributed by atoms with Gasteiger partial charge in [-0.15, -0.1) is 0 Å². The van der Waals surface area contributed by atoms with Crippen molar-refractivity contribution in [2.24, 2.45) is 5.92 Å². The summed E-state index contributed by atoms with van der Waals surface area (Å²) in [4.78, 5) is 11.6. The molecule has 0 amide bonds. The van der Waals surface area contributed by atoms with E-state index in [-0.39, 0.29) is 17.7 Å². The van der Waals surface area contributed by atoms with E-state index in [9.17, 15) is 9.50 Å². The molecule has 4 aromatic rings. The van der Waals surface area contributed by atoms with Crippen molar-refractivity contribution in [2.75, 3.05) is 13.7 Å². The molecule has 0 radical (unpaired) electrons. The summed E-state index contributed by atoms with van der Waals surface area (Å²) in [6.07, 6.45) is 2.63. The van der Waals surface area contributed by atoms with E-state index in [4.69, 9.17) is 14.2 Å². The lowest BCUT2D eigenvalue weighted by atomic mass is 9.83. The predicted octanol–water partition coefficient (Wildman–Crippen LogP) is 4.51. The standard InChI is InChI=1S/C23H22FN3O4/c1-12-5-15-17(27-12)3-4-19(22(15)24)31-23-16-8-20(29-2)21(9-18(16)25-11-26-23)30-10-13-6-14(28)7-13/h3-5,8-9,11,13-14,27-28H,6-7,10H2,1-2H3. The molecule has 0 unspecified atom stereocenters. The maximum atomic E-state index is 15.0. The molecular weight excluding hydrogens is 401 g/mol. The number of methoxy groups -OCH3 is 1. The number of benzene rings is 2. The molecule has 0 atom stereocenters. The van der Waals surface area contributed by atoms with Gasteiger partial charge in [0.15, 0.2) is 23.1 Å². The normalized spacial score (nSPS) is 18.2. The summed E-state index contributed by atoms with van der Waals surface area (Å²) in [5.41, 5.74) is 2.16. The second-order valence-electron chi connectivity index (χ2n) is 7.89. The van der Waals surface area contributed by atoms with Crippen molar-refractivity contribution in [3.8, 4) is 23.1 Å². The molecule has 8 heteroatoms. The number of nitrogens with one attached hydrogen (secondary N) is 1. The SMILES string of the molecule is COc1cc2c(Oc3ccc4[nH]c(C)cc4c3F)ncnc2cc1OCC1CC(O)C1. The molecule has 0 aliphatic heterocycles. The van der Waals surface area contributed by atoms with Crippen molar-refractivity contribution < 1.29 is 23.7 Å². The minimum Gasteiger partial charge on any atom is -0.493 e. The number of ether oxygens (including phenoxy) is 3. The van der Waals surface area contributed by atoms with E-state index < -0.39 is 5.82 Å².